The number of anilines is 2. The highest BCUT2D eigenvalue weighted by Gasteiger charge is 2.22. The molecule has 14 heteroatoms. The van der Waals surface area contributed by atoms with Crippen molar-refractivity contribution in [2.75, 3.05) is 64.4 Å². The summed E-state index contributed by atoms with van der Waals surface area (Å²) < 4.78 is 29.2. The normalized spacial score (nSPS) is 11.2. The lowest BCUT2D eigenvalue weighted by atomic mass is 9.92. The number of fused-ring (bicyclic) bond motifs is 1. The monoisotopic (exact) mass is 811 g/mol. The van der Waals surface area contributed by atoms with Crippen LogP contribution in [-0.4, -0.2) is 85.5 Å². The summed E-state index contributed by atoms with van der Waals surface area (Å²) in [6.07, 6.45) is 7.66. The van der Waals surface area contributed by atoms with Gasteiger partial charge in [0.1, 0.15) is 23.1 Å². The summed E-state index contributed by atoms with van der Waals surface area (Å²) in [7, 11) is 3.23. The second-order valence-corrected chi connectivity index (χ2v) is 14.6. The molecule has 2 aromatic heterocycles. The zero-order valence-electron chi connectivity index (χ0n) is 34.4. The van der Waals surface area contributed by atoms with Crippen LogP contribution >= 0.6 is 0 Å². The second kappa shape index (κ2) is 20.3. The molecule has 2 heterocycles. The van der Waals surface area contributed by atoms with Gasteiger partial charge in [-0.3, -0.25) is 10.1 Å². The number of hydrogen-bond acceptors (Lipinski definition) is 10. The minimum Gasteiger partial charge on any atom is -0.497 e. The maximum atomic E-state index is 13.6. The molecule has 6 aromatic rings. The number of amides is 3. The molecule has 0 aliphatic carbocycles. The van der Waals surface area contributed by atoms with Gasteiger partial charge in [-0.1, -0.05) is 51.0 Å². The van der Waals surface area contributed by atoms with Crippen LogP contribution in [0.4, 0.5) is 16.3 Å². The summed E-state index contributed by atoms with van der Waals surface area (Å²) in [5.74, 6) is 4.90. The Morgan fingerprint density at radius 3 is 2.32 bits per heavy atom. The van der Waals surface area contributed by atoms with Crippen LogP contribution in [0.2, 0.25) is 0 Å². The van der Waals surface area contributed by atoms with Crippen molar-refractivity contribution >= 4 is 34.2 Å². The lowest BCUT2D eigenvalue weighted by Crippen LogP contribution is -2.28. The van der Waals surface area contributed by atoms with Gasteiger partial charge in [0.2, 0.25) is 5.88 Å². The summed E-state index contributed by atoms with van der Waals surface area (Å²) in [5, 5.41) is 15.2. The lowest BCUT2D eigenvalue weighted by Gasteiger charge is -2.14. The van der Waals surface area contributed by atoms with Gasteiger partial charge >= 0.3 is 6.03 Å². The minimum atomic E-state index is -0.441. The molecular weight excluding hydrogens is 763 g/mol. The van der Waals surface area contributed by atoms with E-state index in [2.05, 4.69) is 52.6 Å². The summed E-state index contributed by atoms with van der Waals surface area (Å²) in [6, 6.07) is 27.0. The quantitative estimate of drug-likeness (QED) is 0.0585. The third-order valence-electron chi connectivity index (χ3n) is 9.18. The van der Waals surface area contributed by atoms with Crippen molar-refractivity contribution in [3.05, 3.63) is 125 Å². The fraction of sp³-hybridized carbons (Fsp3) is 0.283. The Kier molecular flexibility index (Phi) is 14.5. The van der Waals surface area contributed by atoms with Crippen molar-refractivity contribution < 1.29 is 33.3 Å². The Hall–Kier alpha value is -6.79. The number of rotatable bonds is 18. The molecule has 3 amide bonds. The molecule has 0 spiro atoms. The summed E-state index contributed by atoms with van der Waals surface area (Å²) in [6.45, 7) is 8.74. The SMILES string of the molecule is C#Cc1cc(Cc2nccc(Oc3ccc(NC(=O)Nc4cc(C(C)(C)C)nn4-c4ccc(OC)cc4)c4ccccc34)n2)cc(C(=O)NCCOCCOCCOC)c1. The van der Waals surface area contributed by atoms with Crippen LogP contribution < -0.4 is 25.4 Å². The smallest absolute Gasteiger partial charge is 0.324 e. The van der Waals surface area contributed by atoms with Gasteiger partial charge in [-0.25, -0.2) is 14.5 Å². The number of urea groups is 1. The lowest BCUT2D eigenvalue weighted by molar-refractivity contribution is 0.0255. The van der Waals surface area contributed by atoms with E-state index in [0.717, 1.165) is 27.7 Å². The average molecular weight is 812 g/mol. The third-order valence-corrected chi connectivity index (χ3v) is 9.18. The van der Waals surface area contributed by atoms with Gasteiger partial charge in [-0.15, -0.1) is 6.42 Å². The molecule has 0 fully saturated rings. The molecule has 0 bridgehead atoms. The molecular formula is C46H49N7O7. The molecule has 0 unspecified atom stereocenters. The van der Waals surface area contributed by atoms with Gasteiger partial charge in [-0.2, -0.15) is 10.1 Å². The summed E-state index contributed by atoms with van der Waals surface area (Å²) in [4.78, 5) is 35.7. The summed E-state index contributed by atoms with van der Waals surface area (Å²) in [5.41, 5.74) is 3.64. The Labute approximate surface area is 349 Å². The molecule has 0 saturated carbocycles. The summed E-state index contributed by atoms with van der Waals surface area (Å²) >= 11 is 0. The van der Waals surface area contributed by atoms with Crippen molar-refractivity contribution in [1.29, 1.82) is 0 Å². The van der Waals surface area contributed by atoms with Crippen LogP contribution in [0.3, 0.4) is 0 Å². The minimum absolute atomic E-state index is 0.257. The predicted molar refractivity (Wildman–Crippen MR) is 231 cm³/mol. The van der Waals surface area contributed by atoms with Crippen molar-refractivity contribution in [3.8, 4) is 35.4 Å². The molecule has 60 heavy (non-hydrogen) atoms. The van der Waals surface area contributed by atoms with E-state index < -0.39 is 6.03 Å². The van der Waals surface area contributed by atoms with Crippen LogP contribution in [0.5, 0.6) is 17.4 Å². The fourth-order valence-electron chi connectivity index (χ4n) is 6.13. The number of terminal acetylenes is 1. The van der Waals surface area contributed by atoms with Gasteiger partial charge < -0.3 is 34.3 Å². The van der Waals surface area contributed by atoms with E-state index in [1.165, 1.54) is 0 Å². The second-order valence-electron chi connectivity index (χ2n) is 14.6. The van der Waals surface area contributed by atoms with Gasteiger partial charge in [0.05, 0.1) is 57.2 Å². The van der Waals surface area contributed by atoms with Gasteiger partial charge in [-0.05, 0) is 60.2 Å². The molecule has 310 valence electrons. The van der Waals surface area contributed by atoms with E-state index in [1.54, 1.807) is 55.4 Å². The van der Waals surface area contributed by atoms with E-state index in [0.29, 0.717) is 91.8 Å². The van der Waals surface area contributed by atoms with Gasteiger partial charge in [0.15, 0.2) is 0 Å². The number of methoxy groups -OCH3 is 2. The molecule has 0 atom stereocenters. The largest absolute Gasteiger partial charge is 0.497 e. The molecule has 4 aromatic carbocycles. The van der Waals surface area contributed by atoms with Crippen molar-refractivity contribution in [2.24, 2.45) is 0 Å². The predicted octanol–water partition coefficient (Wildman–Crippen LogP) is 7.54. The van der Waals surface area contributed by atoms with Crippen LogP contribution in [-0.2, 0) is 26.0 Å². The molecule has 0 aliphatic rings. The van der Waals surface area contributed by atoms with Crippen LogP contribution in [0, 0.1) is 12.3 Å². The number of aromatic nitrogens is 4. The van der Waals surface area contributed by atoms with E-state index >= 15 is 0 Å². The zero-order chi connectivity index (χ0) is 42.5. The number of nitrogens with one attached hydrogen (secondary N) is 3. The number of nitrogens with zero attached hydrogens (tertiary/aromatic N) is 4. The highest BCUT2D eigenvalue weighted by molar-refractivity contribution is 6.07. The van der Waals surface area contributed by atoms with E-state index in [1.807, 2.05) is 60.7 Å². The molecule has 0 saturated heterocycles. The van der Waals surface area contributed by atoms with Crippen LogP contribution in [0.25, 0.3) is 16.5 Å². The first-order chi connectivity index (χ1) is 29.0. The van der Waals surface area contributed by atoms with E-state index in [-0.39, 0.29) is 11.3 Å². The van der Waals surface area contributed by atoms with Crippen LogP contribution in [0.15, 0.2) is 97.2 Å². The first kappa shape index (κ1) is 42.8. The average Bonchev–Trinajstić information content (AvgIpc) is 3.68. The fourth-order valence-corrected chi connectivity index (χ4v) is 6.13. The van der Waals surface area contributed by atoms with E-state index in [4.69, 9.17) is 35.2 Å². The van der Waals surface area contributed by atoms with Crippen molar-refractivity contribution in [3.63, 3.8) is 0 Å². The molecule has 0 radical (unpaired) electrons. The standard InChI is InChI=1S/C46H49N7O7/c1-7-31-26-32(28-33(27-31)44(54)48-20-21-58-24-25-59-23-22-56-5)29-41-47-19-18-43(50-41)60-39-17-16-38(36-10-8-9-11-37(36)39)49-45(55)51-42-30-40(46(2,3)4)52-53(42)34-12-14-35(57-6)15-13-34/h1,8-19,26-28,30H,20-25,29H2,2-6H3,(H,48,54)(H2,49,51,55). The molecule has 3 N–H and O–H groups in total. The maximum absolute atomic E-state index is 13.6. The molecule has 0 aliphatic heterocycles. The van der Waals surface area contributed by atoms with Gasteiger partial charge in [0, 0.05) is 65.7 Å². The third kappa shape index (κ3) is 11.4. The number of benzene rings is 4. The first-order valence-corrected chi connectivity index (χ1v) is 19.4. The van der Waals surface area contributed by atoms with Crippen LogP contribution in [0.1, 0.15) is 53.8 Å². The Balaban J connectivity index is 1.12. The number of carbonyl (C=O) groups excluding carboxylic acids is 2. The molecule has 14 nitrogen and oxygen atoms in total. The number of ether oxygens (including phenoxy) is 5. The topological polar surface area (TPSA) is 160 Å². The zero-order valence-corrected chi connectivity index (χ0v) is 34.4. The maximum Gasteiger partial charge on any atom is 0.324 e. The first-order valence-electron chi connectivity index (χ1n) is 19.4. The number of hydrogen-bond donors (Lipinski definition) is 3. The highest BCUT2D eigenvalue weighted by atomic mass is 16.5. The van der Waals surface area contributed by atoms with Gasteiger partial charge in [0.25, 0.3) is 5.91 Å². The van der Waals surface area contributed by atoms with Crippen molar-refractivity contribution in [1.82, 2.24) is 25.1 Å². The number of carbonyl (C=O) groups is 2. The Morgan fingerprint density at radius 2 is 1.58 bits per heavy atom. The molecule has 6 rings (SSSR count). The van der Waals surface area contributed by atoms with E-state index in [9.17, 15) is 9.59 Å². The highest BCUT2D eigenvalue weighted by Crippen LogP contribution is 2.34. The van der Waals surface area contributed by atoms with Crippen molar-refractivity contribution in [2.45, 2.75) is 32.6 Å². The Morgan fingerprint density at radius 1 is 0.833 bits per heavy atom. The Bertz CT molecular complexity index is 2450.